The zero-order valence-electron chi connectivity index (χ0n) is 12.1. The van der Waals surface area contributed by atoms with Crippen molar-refractivity contribution in [3.63, 3.8) is 0 Å². The predicted molar refractivity (Wildman–Crippen MR) is 77.5 cm³/mol. The zero-order valence-corrected chi connectivity index (χ0v) is 12.1. The van der Waals surface area contributed by atoms with Gasteiger partial charge < -0.3 is 20.2 Å². The van der Waals surface area contributed by atoms with E-state index in [1.165, 1.54) is 4.90 Å². The predicted octanol–water partition coefficient (Wildman–Crippen LogP) is 1.19. The fraction of sp³-hybridized carbons (Fsp3) is 0.500. The minimum absolute atomic E-state index is 0.0273. The molecule has 0 saturated carbocycles. The maximum absolute atomic E-state index is 11.7. The van der Waals surface area contributed by atoms with Crippen molar-refractivity contribution in [1.29, 1.82) is 0 Å². The number of amides is 2. The van der Waals surface area contributed by atoms with Crippen molar-refractivity contribution < 1.29 is 9.90 Å². The summed E-state index contributed by atoms with van der Waals surface area (Å²) in [6, 6.07) is 5.98. The van der Waals surface area contributed by atoms with Crippen LogP contribution in [0, 0.1) is 6.92 Å². The van der Waals surface area contributed by atoms with Gasteiger partial charge in [0.25, 0.3) is 0 Å². The highest BCUT2D eigenvalue weighted by Crippen LogP contribution is 2.17. The van der Waals surface area contributed by atoms with Crippen molar-refractivity contribution >= 4 is 11.7 Å². The molecular weight excluding hydrogens is 242 g/mol. The summed E-state index contributed by atoms with van der Waals surface area (Å²) < 4.78 is 0. The molecule has 1 aromatic rings. The quantitative estimate of drug-likeness (QED) is 0.841. The Balaban J connectivity index is 2.61. The first-order chi connectivity index (χ1) is 8.95. The monoisotopic (exact) mass is 265 g/mol. The lowest BCUT2D eigenvalue weighted by atomic mass is 10.1. The van der Waals surface area contributed by atoms with Crippen molar-refractivity contribution in [3.05, 3.63) is 29.3 Å². The molecule has 0 unspecified atom stereocenters. The van der Waals surface area contributed by atoms with Gasteiger partial charge in [-0.25, -0.2) is 4.79 Å². The highest BCUT2D eigenvalue weighted by Gasteiger charge is 2.08. The van der Waals surface area contributed by atoms with Gasteiger partial charge in [-0.1, -0.05) is 6.07 Å². The highest BCUT2D eigenvalue weighted by atomic mass is 16.3. The number of aliphatic hydroxyl groups is 1. The molecule has 0 atom stereocenters. The molecule has 1 rings (SSSR count). The van der Waals surface area contributed by atoms with Crippen molar-refractivity contribution in [3.8, 4) is 0 Å². The molecule has 1 aromatic carbocycles. The summed E-state index contributed by atoms with van der Waals surface area (Å²) in [7, 11) is 5.66. The van der Waals surface area contributed by atoms with Crippen molar-refractivity contribution in [2.24, 2.45) is 0 Å². The van der Waals surface area contributed by atoms with Crippen LogP contribution in [-0.4, -0.2) is 50.3 Å². The van der Waals surface area contributed by atoms with Gasteiger partial charge in [-0.05, 0) is 30.2 Å². The standard InChI is InChI=1S/C14H23N3O2/c1-11-9-13(16(2)3)6-5-12(11)10-15-14(19)17(4)7-8-18/h5-6,9,18H,7-8,10H2,1-4H3,(H,15,19). The Hall–Kier alpha value is -1.75. The van der Waals surface area contributed by atoms with Crippen LogP contribution in [0.1, 0.15) is 11.1 Å². The van der Waals surface area contributed by atoms with Crippen molar-refractivity contribution in [1.82, 2.24) is 10.2 Å². The van der Waals surface area contributed by atoms with Gasteiger partial charge in [0.05, 0.1) is 6.61 Å². The number of rotatable bonds is 5. The first-order valence-corrected chi connectivity index (χ1v) is 6.32. The van der Waals surface area contributed by atoms with Crippen LogP contribution in [0.3, 0.4) is 0 Å². The minimum atomic E-state index is -0.176. The van der Waals surface area contributed by atoms with Crippen LogP contribution >= 0.6 is 0 Å². The second-order valence-corrected chi connectivity index (χ2v) is 4.81. The van der Waals surface area contributed by atoms with Crippen LogP contribution < -0.4 is 10.2 Å². The minimum Gasteiger partial charge on any atom is -0.395 e. The van der Waals surface area contributed by atoms with Gasteiger partial charge in [0.15, 0.2) is 0 Å². The molecule has 5 heteroatoms. The van der Waals surface area contributed by atoms with E-state index in [4.69, 9.17) is 5.11 Å². The van der Waals surface area contributed by atoms with Gasteiger partial charge >= 0.3 is 6.03 Å². The number of hydrogen-bond acceptors (Lipinski definition) is 3. The lowest BCUT2D eigenvalue weighted by Crippen LogP contribution is -2.38. The summed E-state index contributed by atoms with van der Waals surface area (Å²) in [6.07, 6.45) is 0. The molecule has 2 N–H and O–H groups in total. The average molecular weight is 265 g/mol. The number of carbonyl (C=O) groups is 1. The summed E-state index contributed by atoms with van der Waals surface area (Å²) >= 11 is 0. The van der Waals surface area contributed by atoms with Crippen molar-refractivity contribution in [2.45, 2.75) is 13.5 Å². The van der Waals surface area contributed by atoms with E-state index in [2.05, 4.69) is 11.4 Å². The maximum Gasteiger partial charge on any atom is 0.317 e. The Labute approximate surface area is 114 Å². The zero-order chi connectivity index (χ0) is 14.4. The molecule has 0 radical (unpaired) electrons. The topological polar surface area (TPSA) is 55.8 Å². The molecule has 0 saturated heterocycles. The highest BCUT2D eigenvalue weighted by molar-refractivity contribution is 5.73. The second-order valence-electron chi connectivity index (χ2n) is 4.81. The number of carbonyl (C=O) groups excluding carboxylic acids is 1. The van der Waals surface area contributed by atoms with Crippen LogP contribution in [-0.2, 0) is 6.54 Å². The van der Waals surface area contributed by atoms with Crippen LogP contribution in [0.4, 0.5) is 10.5 Å². The van der Waals surface area contributed by atoms with Crippen molar-refractivity contribution in [2.75, 3.05) is 39.2 Å². The first kappa shape index (κ1) is 15.3. The largest absolute Gasteiger partial charge is 0.395 e. The van der Waals surface area contributed by atoms with Crippen LogP contribution in [0.5, 0.6) is 0 Å². The lowest BCUT2D eigenvalue weighted by molar-refractivity contribution is 0.190. The SMILES string of the molecule is Cc1cc(N(C)C)ccc1CNC(=O)N(C)CCO. The van der Waals surface area contributed by atoms with Gasteiger partial charge in [0, 0.05) is 39.9 Å². The summed E-state index contributed by atoms with van der Waals surface area (Å²) in [4.78, 5) is 15.2. The second kappa shape index (κ2) is 6.99. The van der Waals surface area contributed by atoms with Gasteiger partial charge in [-0.2, -0.15) is 0 Å². The Morgan fingerprint density at radius 3 is 2.53 bits per heavy atom. The van der Waals surface area contributed by atoms with E-state index in [0.29, 0.717) is 13.1 Å². The molecule has 0 aliphatic heterocycles. The number of aryl methyl sites for hydroxylation is 1. The van der Waals surface area contributed by atoms with E-state index in [-0.39, 0.29) is 12.6 Å². The van der Waals surface area contributed by atoms with Crippen LogP contribution in [0.2, 0.25) is 0 Å². The number of aliphatic hydroxyl groups excluding tert-OH is 1. The normalized spacial score (nSPS) is 10.2. The third-order valence-electron chi connectivity index (χ3n) is 3.05. The molecule has 5 nitrogen and oxygen atoms in total. The molecular formula is C14H23N3O2. The van der Waals surface area contributed by atoms with E-state index in [0.717, 1.165) is 16.8 Å². The van der Waals surface area contributed by atoms with Gasteiger partial charge in [0.1, 0.15) is 0 Å². The smallest absolute Gasteiger partial charge is 0.317 e. The summed E-state index contributed by atoms with van der Waals surface area (Å²) in [5.74, 6) is 0. The number of anilines is 1. The Bertz CT molecular complexity index is 433. The molecule has 106 valence electrons. The summed E-state index contributed by atoms with van der Waals surface area (Å²) in [5, 5.41) is 11.6. The van der Waals surface area contributed by atoms with E-state index in [1.807, 2.05) is 38.1 Å². The van der Waals surface area contributed by atoms with E-state index in [1.54, 1.807) is 7.05 Å². The number of likely N-dealkylation sites (N-methyl/N-ethyl adjacent to an activating group) is 1. The molecule has 0 spiro atoms. The maximum atomic E-state index is 11.7. The van der Waals surface area contributed by atoms with Gasteiger partial charge in [-0.3, -0.25) is 0 Å². The average Bonchev–Trinajstić information content (AvgIpc) is 2.36. The third kappa shape index (κ3) is 4.44. The number of nitrogens with zero attached hydrogens (tertiary/aromatic N) is 2. The first-order valence-electron chi connectivity index (χ1n) is 6.32. The van der Waals surface area contributed by atoms with E-state index in [9.17, 15) is 4.79 Å². The third-order valence-corrected chi connectivity index (χ3v) is 3.05. The summed E-state index contributed by atoms with van der Waals surface area (Å²) in [5.41, 5.74) is 3.39. The van der Waals surface area contributed by atoms with Crippen LogP contribution in [0.15, 0.2) is 18.2 Å². The number of nitrogens with one attached hydrogen (secondary N) is 1. The molecule has 0 aliphatic rings. The molecule has 2 amide bonds. The van der Waals surface area contributed by atoms with Gasteiger partial charge in [-0.15, -0.1) is 0 Å². The molecule has 19 heavy (non-hydrogen) atoms. The lowest BCUT2D eigenvalue weighted by Gasteiger charge is -2.18. The molecule has 0 bridgehead atoms. The Kier molecular flexibility index (Phi) is 5.63. The Morgan fingerprint density at radius 1 is 1.32 bits per heavy atom. The van der Waals surface area contributed by atoms with E-state index >= 15 is 0 Å². The molecule has 0 fully saturated rings. The van der Waals surface area contributed by atoms with Gasteiger partial charge in [0.2, 0.25) is 0 Å². The number of benzene rings is 1. The fourth-order valence-electron chi connectivity index (χ4n) is 1.71. The number of hydrogen-bond donors (Lipinski definition) is 2. The van der Waals surface area contributed by atoms with Crippen LogP contribution in [0.25, 0.3) is 0 Å². The fourth-order valence-corrected chi connectivity index (χ4v) is 1.71. The molecule has 0 aliphatic carbocycles. The molecule has 0 aromatic heterocycles. The number of urea groups is 1. The molecule has 0 heterocycles. The van der Waals surface area contributed by atoms with E-state index < -0.39 is 0 Å². The summed E-state index contributed by atoms with van der Waals surface area (Å²) in [6.45, 7) is 2.84. The Morgan fingerprint density at radius 2 is 2.00 bits per heavy atom.